The van der Waals surface area contributed by atoms with Gasteiger partial charge in [-0.1, -0.05) is 12.1 Å². The zero-order chi connectivity index (χ0) is 18.8. The molecule has 0 unspecified atom stereocenters. The second kappa shape index (κ2) is 7.00. The third-order valence-corrected chi connectivity index (χ3v) is 4.48. The second-order valence-electron chi connectivity index (χ2n) is 6.48. The number of nitrogens with zero attached hydrogens (tertiary/aromatic N) is 1. The highest BCUT2D eigenvalue weighted by Gasteiger charge is 2.33. The minimum Gasteiger partial charge on any atom is -0.478 e. The molecule has 0 radical (unpaired) electrons. The summed E-state index contributed by atoms with van der Waals surface area (Å²) in [7, 11) is 1.68. The average Bonchev–Trinajstić information content (AvgIpc) is 3.45. The van der Waals surface area contributed by atoms with Crippen LogP contribution in [0.2, 0.25) is 0 Å². The van der Waals surface area contributed by atoms with E-state index in [1.54, 1.807) is 50.4 Å². The van der Waals surface area contributed by atoms with Gasteiger partial charge in [0.1, 0.15) is 0 Å². The number of hydrogen-bond acceptors (Lipinski definition) is 3. The Morgan fingerprint density at radius 2 is 1.77 bits per heavy atom. The highest BCUT2D eigenvalue weighted by atomic mass is 16.4. The van der Waals surface area contributed by atoms with Crippen LogP contribution in [0.5, 0.6) is 0 Å². The summed E-state index contributed by atoms with van der Waals surface area (Å²) in [5.74, 6) is -1.28. The molecule has 0 atom stereocenters. The molecule has 2 amide bonds. The van der Waals surface area contributed by atoms with Crippen molar-refractivity contribution in [1.82, 2.24) is 0 Å². The van der Waals surface area contributed by atoms with Crippen molar-refractivity contribution in [2.45, 2.75) is 19.8 Å². The maximum absolute atomic E-state index is 12.7. The molecule has 2 aromatic rings. The number of carboxylic acids is 1. The molecule has 1 fully saturated rings. The molecule has 0 saturated heterocycles. The fourth-order valence-electron chi connectivity index (χ4n) is 2.86. The Labute approximate surface area is 151 Å². The molecule has 1 aliphatic carbocycles. The number of benzene rings is 2. The van der Waals surface area contributed by atoms with Crippen LogP contribution < -0.4 is 10.2 Å². The molecular weight excluding hydrogens is 332 g/mol. The molecule has 0 aromatic heterocycles. The summed E-state index contributed by atoms with van der Waals surface area (Å²) in [5.41, 5.74) is 2.20. The number of aromatic carboxylic acids is 1. The van der Waals surface area contributed by atoms with Crippen molar-refractivity contribution in [3.05, 3.63) is 59.2 Å². The first-order chi connectivity index (χ1) is 12.4. The zero-order valence-corrected chi connectivity index (χ0v) is 14.7. The molecule has 6 heteroatoms. The number of rotatable bonds is 5. The lowest BCUT2D eigenvalue weighted by molar-refractivity contribution is -0.119. The van der Waals surface area contributed by atoms with Crippen molar-refractivity contribution in [3.63, 3.8) is 0 Å². The van der Waals surface area contributed by atoms with Gasteiger partial charge >= 0.3 is 5.97 Å². The molecule has 134 valence electrons. The molecule has 3 rings (SSSR count). The van der Waals surface area contributed by atoms with Crippen LogP contribution in [-0.2, 0) is 4.79 Å². The van der Waals surface area contributed by atoms with Crippen molar-refractivity contribution in [3.8, 4) is 0 Å². The molecule has 6 nitrogen and oxygen atoms in total. The van der Waals surface area contributed by atoms with Crippen LogP contribution in [0.1, 0.15) is 39.1 Å². The number of aryl methyl sites for hydroxylation is 1. The summed E-state index contributed by atoms with van der Waals surface area (Å²) < 4.78 is 0. The van der Waals surface area contributed by atoms with Crippen LogP contribution in [0.3, 0.4) is 0 Å². The zero-order valence-electron chi connectivity index (χ0n) is 14.7. The summed E-state index contributed by atoms with van der Waals surface area (Å²) in [6.45, 7) is 1.68. The van der Waals surface area contributed by atoms with E-state index in [1.807, 2.05) is 0 Å². The van der Waals surface area contributed by atoms with Crippen molar-refractivity contribution in [2.75, 3.05) is 17.3 Å². The van der Waals surface area contributed by atoms with E-state index in [1.165, 1.54) is 11.0 Å². The fraction of sp³-hybridized carbons (Fsp3) is 0.250. The molecule has 0 aliphatic heterocycles. The van der Waals surface area contributed by atoms with Gasteiger partial charge in [0.2, 0.25) is 5.91 Å². The summed E-state index contributed by atoms with van der Waals surface area (Å²) >= 11 is 0. The average molecular weight is 352 g/mol. The van der Waals surface area contributed by atoms with Gasteiger partial charge in [0.25, 0.3) is 5.91 Å². The lowest BCUT2D eigenvalue weighted by Crippen LogP contribution is -2.29. The number of anilines is 2. The Bertz CT molecular complexity index is 887. The van der Waals surface area contributed by atoms with Crippen LogP contribution in [0.4, 0.5) is 11.4 Å². The maximum atomic E-state index is 12.7. The van der Waals surface area contributed by atoms with Crippen LogP contribution in [0.25, 0.3) is 0 Å². The van der Waals surface area contributed by atoms with Gasteiger partial charge in [-0.3, -0.25) is 9.59 Å². The van der Waals surface area contributed by atoms with E-state index in [-0.39, 0.29) is 23.3 Å². The van der Waals surface area contributed by atoms with Gasteiger partial charge in [0, 0.05) is 18.7 Å². The van der Waals surface area contributed by atoms with E-state index in [4.69, 9.17) is 5.11 Å². The normalized spacial score (nSPS) is 13.2. The number of carbonyl (C=O) groups is 3. The molecule has 0 heterocycles. The van der Waals surface area contributed by atoms with Crippen LogP contribution in [0, 0.1) is 12.8 Å². The summed E-state index contributed by atoms with van der Waals surface area (Å²) in [4.78, 5) is 37.7. The monoisotopic (exact) mass is 352 g/mol. The Balaban J connectivity index is 1.83. The summed E-state index contributed by atoms with van der Waals surface area (Å²) in [6, 6.07) is 11.6. The number of carboxylic acid groups (broad SMARTS) is 1. The van der Waals surface area contributed by atoms with Gasteiger partial charge in [-0.2, -0.15) is 0 Å². The molecule has 0 spiro atoms. The smallest absolute Gasteiger partial charge is 0.335 e. The predicted octanol–water partition coefficient (Wildman–Crippen LogP) is 3.32. The molecule has 1 aliphatic rings. The standard InChI is InChI=1S/C20H20N2O4/c1-12-11-14(9-10-15(12)20(25)26)21-18(23)16-5-3-4-6-17(16)22(2)19(24)13-7-8-13/h3-6,9-11,13H,7-8H2,1-2H3,(H,21,23)(H,25,26). The highest BCUT2D eigenvalue weighted by molar-refractivity contribution is 6.11. The molecule has 2 aromatic carbocycles. The Morgan fingerprint density at radius 1 is 1.08 bits per heavy atom. The predicted molar refractivity (Wildman–Crippen MR) is 98.7 cm³/mol. The third kappa shape index (κ3) is 3.59. The van der Waals surface area contributed by atoms with Crippen LogP contribution in [-0.4, -0.2) is 29.9 Å². The number of carbonyl (C=O) groups excluding carboxylic acids is 2. The summed E-state index contributed by atoms with van der Waals surface area (Å²) in [6.07, 6.45) is 1.79. The first kappa shape index (κ1) is 17.7. The van der Waals surface area contributed by atoms with Crippen LogP contribution in [0.15, 0.2) is 42.5 Å². The van der Waals surface area contributed by atoms with Gasteiger partial charge in [-0.25, -0.2) is 4.79 Å². The number of hydrogen-bond donors (Lipinski definition) is 2. The third-order valence-electron chi connectivity index (χ3n) is 4.48. The lowest BCUT2D eigenvalue weighted by atomic mass is 10.1. The largest absolute Gasteiger partial charge is 0.478 e. The Hall–Kier alpha value is -3.15. The van der Waals surface area contributed by atoms with Gasteiger partial charge in [0.15, 0.2) is 0 Å². The van der Waals surface area contributed by atoms with Gasteiger partial charge < -0.3 is 15.3 Å². The summed E-state index contributed by atoms with van der Waals surface area (Å²) in [5, 5.41) is 11.9. The van der Waals surface area contributed by atoms with E-state index in [2.05, 4.69) is 5.32 Å². The molecule has 2 N–H and O–H groups in total. The van der Waals surface area contributed by atoms with Crippen molar-refractivity contribution in [1.29, 1.82) is 0 Å². The van der Waals surface area contributed by atoms with Crippen molar-refractivity contribution in [2.24, 2.45) is 5.92 Å². The number of nitrogens with one attached hydrogen (secondary N) is 1. The maximum Gasteiger partial charge on any atom is 0.335 e. The lowest BCUT2D eigenvalue weighted by Gasteiger charge is -2.20. The van der Waals surface area contributed by atoms with E-state index < -0.39 is 5.97 Å². The molecule has 26 heavy (non-hydrogen) atoms. The molecule has 0 bridgehead atoms. The minimum atomic E-state index is -1.01. The minimum absolute atomic E-state index is 0.0203. The highest BCUT2D eigenvalue weighted by Crippen LogP contribution is 2.33. The van der Waals surface area contributed by atoms with Crippen molar-refractivity contribution < 1.29 is 19.5 Å². The molecular formula is C20H20N2O4. The Morgan fingerprint density at radius 3 is 2.38 bits per heavy atom. The van der Waals surface area contributed by atoms with Gasteiger partial charge in [-0.05, 0) is 55.7 Å². The first-order valence-corrected chi connectivity index (χ1v) is 8.40. The SMILES string of the molecule is Cc1cc(NC(=O)c2ccccc2N(C)C(=O)C2CC2)ccc1C(=O)O. The topological polar surface area (TPSA) is 86.7 Å². The van der Waals surface area contributed by atoms with E-state index in [0.717, 1.165) is 12.8 Å². The Kier molecular flexibility index (Phi) is 4.75. The fourth-order valence-corrected chi connectivity index (χ4v) is 2.86. The number of amides is 2. The van der Waals surface area contributed by atoms with Gasteiger partial charge in [-0.15, -0.1) is 0 Å². The number of para-hydroxylation sites is 1. The van der Waals surface area contributed by atoms with Gasteiger partial charge in [0.05, 0.1) is 16.8 Å². The first-order valence-electron chi connectivity index (χ1n) is 8.40. The van der Waals surface area contributed by atoms with Crippen LogP contribution >= 0.6 is 0 Å². The quantitative estimate of drug-likeness (QED) is 0.864. The van der Waals surface area contributed by atoms with E-state index in [0.29, 0.717) is 22.5 Å². The van der Waals surface area contributed by atoms with Crippen molar-refractivity contribution >= 4 is 29.2 Å². The second-order valence-corrected chi connectivity index (χ2v) is 6.48. The van der Waals surface area contributed by atoms with E-state index >= 15 is 0 Å². The van der Waals surface area contributed by atoms with E-state index in [9.17, 15) is 14.4 Å². The molecule has 1 saturated carbocycles.